The number of aryl methyl sites for hydroxylation is 1. The SMILES string of the molecule is CC(C)c1ccc(S(=O)(=O)C23CCN(C(=O)C4CCCCC4)C2CCc2cc(C(F)(C(F)(F)F)C(F)(F)F)ccc23)cc1.O=CO. The third kappa shape index (κ3) is 5.79. The molecule has 1 saturated heterocycles. The number of halogens is 7. The molecule has 2 aromatic rings. The van der Waals surface area contributed by atoms with Gasteiger partial charge in [0.05, 0.1) is 10.9 Å². The summed E-state index contributed by atoms with van der Waals surface area (Å²) in [5.41, 5.74) is -6.49. The number of likely N-dealkylation sites (tertiary alicyclic amines) is 1. The number of sulfone groups is 1. The smallest absolute Gasteiger partial charge is 0.435 e. The highest BCUT2D eigenvalue weighted by molar-refractivity contribution is 7.92. The van der Waals surface area contributed by atoms with Crippen molar-refractivity contribution in [1.29, 1.82) is 0 Å². The van der Waals surface area contributed by atoms with Crippen LogP contribution in [0.1, 0.15) is 87.0 Å². The van der Waals surface area contributed by atoms with E-state index in [9.17, 15) is 39.6 Å². The van der Waals surface area contributed by atoms with Crippen LogP contribution in [0, 0.1) is 5.92 Å². The van der Waals surface area contributed by atoms with Crippen molar-refractivity contribution in [3.8, 4) is 0 Å². The Balaban J connectivity index is 0.00000154. The second kappa shape index (κ2) is 12.8. The standard InChI is InChI=1S/C31H34F7NO3S.CH2O2/c1-19(2)20-8-12-24(13-9-20)43(41,42)28-16-17-39(27(40)21-6-4-3-5-7-21)26(28)15-10-22-18-23(11-14-25(22)28)29(32,30(33,34)35)31(36,37)38;2-1-3/h8-9,11-14,18-19,21,26H,3-7,10,15-17H2,1-2H3;1H,(H,2,3). The number of rotatable bonds is 5. The number of carboxylic acid groups (broad SMARTS) is 1. The summed E-state index contributed by atoms with van der Waals surface area (Å²) >= 11 is 0. The summed E-state index contributed by atoms with van der Waals surface area (Å²) in [6.45, 7) is 3.69. The van der Waals surface area contributed by atoms with Crippen molar-refractivity contribution in [1.82, 2.24) is 4.90 Å². The molecule has 2 atom stereocenters. The van der Waals surface area contributed by atoms with Crippen LogP contribution in [-0.4, -0.2) is 55.7 Å². The van der Waals surface area contributed by atoms with E-state index in [4.69, 9.17) is 9.90 Å². The lowest BCUT2D eigenvalue weighted by Crippen LogP contribution is -2.53. The molecule has 2 fully saturated rings. The molecule has 2 aromatic carbocycles. The summed E-state index contributed by atoms with van der Waals surface area (Å²) in [6, 6.07) is 7.16. The van der Waals surface area contributed by atoms with Crippen molar-refractivity contribution in [3.63, 3.8) is 0 Å². The van der Waals surface area contributed by atoms with Crippen LogP contribution in [0.25, 0.3) is 0 Å². The Morgan fingerprint density at radius 2 is 1.50 bits per heavy atom. The van der Waals surface area contributed by atoms with Gasteiger partial charge in [0.1, 0.15) is 4.75 Å². The van der Waals surface area contributed by atoms with Gasteiger partial charge in [0, 0.05) is 18.0 Å². The van der Waals surface area contributed by atoms with Gasteiger partial charge in [-0.2, -0.15) is 26.3 Å². The van der Waals surface area contributed by atoms with Crippen LogP contribution in [0.15, 0.2) is 47.4 Å². The molecule has 3 aliphatic rings. The van der Waals surface area contributed by atoms with Crippen LogP contribution < -0.4 is 0 Å². The lowest BCUT2D eigenvalue weighted by Gasteiger charge is -2.43. The number of hydrogen-bond acceptors (Lipinski definition) is 4. The number of amides is 1. The molecular weight excluding hydrogens is 643 g/mol. The van der Waals surface area contributed by atoms with Gasteiger partial charge in [0.15, 0.2) is 9.84 Å². The van der Waals surface area contributed by atoms with Gasteiger partial charge < -0.3 is 10.0 Å². The van der Waals surface area contributed by atoms with Gasteiger partial charge >= 0.3 is 18.0 Å². The first kappa shape index (κ1) is 35.7. The molecule has 5 rings (SSSR count). The Hall–Kier alpha value is -3.16. The summed E-state index contributed by atoms with van der Waals surface area (Å²) in [7, 11) is -4.35. The Morgan fingerprint density at radius 1 is 0.935 bits per heavy atom. The molecule has 1 heterocycles. The van der Waals surface area contributed by atoms with Gasteiger partial charge in [-0.05, 0) is 66.8 Å². The molecule has 2 unspecified atom stereocenters. The first-order valence-corrected chi connectivity index (χ1v) is 16.6. The zero-order valence-electron chi connectivity index (χ0n) is 25.3. The van der Waals surface area contributed by atoms with Crippen LogP contribution in [0.5, 0.6) is 0 Å². The number of alkyl halides is 7. The summed E-state index contributed by atoms with van der Waals surface area (Å²) in [5.74, 6) is -0.337. The highest BCUT2D eigenvalue weighted by Gasteiger charge is 2.74. The number of benzene rings is 2. The maximum atomic E-state index is 15.0. The normalized spacial score (nSPS) is 22.5. The number of carbonyl (C=O) groups is 2. The van der Waals surface area contributed by atoms with Gasteiger partial charge in [-0.25, -0.2) is 12.8 Å². The molecule has 2 aliphatic carbocycles. The molecule has 1 aliphatic heterocycles. The van der Waals surface area contributed by atoms with Crippen molar-refractivity contribution >= 4 is 22.2 Å². The van der Waals surface area contributed by atoms with Crippen molar-refractivity contribution in [2.45, 2.75) is 105 Å². The quantitative estimate of drug-likeness (QED) is 0.260. The zero-order valence-corrected chi connectivity index (χ0v) is 26.1. The summed E-state index contributed by atoms with van der Waals surface area (Å²) in [5, 5.41) is 6.89. The maximum absolute atomic E-state index is 15.0. The summed E-state index contributed by atoms with van der Waals surface area (Å²) in [6.07, 6.45) is -8.71. The monoisotopic (exact) mass is 679 g/mol. The van der Waals surface area contributed by atoms with E-state index in [2.05, 4.69) is 0 Å². The van der Waals surface area contributed by atoms with Gasteiger partial charge in [-0.15, -0.1) is 0 Å². The van der Waals surface area contributed by atoms with Gasteiger partial charge in [0.2, 0.25) is 5.91 Å². The van der Waals surface area contributed by atoms with E-state index in [1.165, 1.54) is 12.1 Å². The highest BCUT2D eigenvalue weighted by Crippen LogP contribution is 2.57. The molecule has 14 heteroatoms. The molecule has 1 saturated carbocycles. The molecule has 1 amide bonds. The minimum absolute atomic E-state index is 0.00442. The fourth-order valence-corrected chi connectivity index (χ4v) is 9.69. The van der Waals surface area contributed by atoms with Crippen molar-refractivity contribution in [2.24, 2.45) is 5.92 Å². The average Bonchev–Trinajstić information content (AvgIpc) is 3.41. The largest absolute Gasteiger partial charge is 0.483 e. The van der Waals surface area contributed by atoms with E-state index in [0.29, 0.717) is 25.0 Å². The molecule has 0 radical (unpaired) electrons. The molecule has 0 spiro atoms. The zero-order chi connectivity index (χ0) is 34.3. The van der Waals surface area contributed by atoms with Crippen LogP contribution in [0.4, 0.5) is 30.7 Å². The van der Waals surface area contributed by atoms with E-state index in [1.807, 2.05) is 13.8 Å². The van der Waals surface area contributed by atoms with Crippen LogP contribution in [0.2, 0.25) is 0 Å². The minimum atomic E-state index is -6.30. The topological polar surface area (TPSA) is 91.8 Å². The van der Waals surface area contributed by atoms with Crippen LogP contribution in [-0.2, 0) is 36.3 Å². The Kier molecular flexibility index (Phi) is 9.93. The first-order valence-electron chi connectivity index (χ1n) is 15.1. The number of carbonyl (C=O) groups excluding carboxylic acids is 1. The van der Waals surface area contributed by atoms with Crippen LogP contribution >= 0.6 is 0 Å². The van der Waals surface area contributed by atoms with Gasteiger partial charge in [0.25, 0.3) is 6.47 Å². The molecule has 0 aromatic heterocycles. The molecule has 6 nitrogen and oxygen atoms in total. The lowest BCUT2D eigenvalue weighted by molar-refractivity contribution is -0.348. The van der Waals surface area contributed by atoms with Gasteiger partial charge in [-0.1, -0.05) is 63.4 Å². The number of fused-ring (bicyclic) bond motifs is 3. The summed E-state index contributed by atoms with van der Waals surface area (Å²) in [4.78, 5) is 23.6. The molecule has 46 heavy (non-hydrogen) atoms. The molecule has 0 bridgehead atoms. The van der Waals surface area contributed by atoms with Crippen molar-refractivity contribution < 1.29 is 53.8 Å². The lowest BCUT2D eigenvalue weighted by atomic mass is 9.76. The van der Waals surface area contributed by atoms with E-state index in [0.717, 1.165) is 30.9 Å². The fraction of sp³-hybridized carbons (Fsp3) is 0.562. The van der Waals surface area contributed by atoms with E-state index < -0.39 is 44.2 Å². The van der Waals surface area contributed by atoms with E-state index >= 15 is 4.39 Å². The van der Waals surface area contributed by atoms with Crippen molar-refractivity contribution in [2.75, 3.05) is 6.54 Å². The molecule has 254 valence electrons. The number of hydrogen-bond donors (Lipinski definition) is 1. The molecule has 1 N–H and O–H groups in total. The van der Waals surface area contributed by atoms with Crippen LogP contribution in [0.3, 0.4) is 0 Å². The third-order valence-corrected chi connectivity index (χ3v) is 12.2. The minimum Gasteiger partial charge on any atom is -0.483 e. The average molecular weight is 680 g/mol. The summed E-state index contributed by atoms with van der Waals surface area (Å²) < 4.78 is 124. The fourth-order valence-electron chi connectivity index (χ4n) is 7.32. The third-order valence-electron chi connectivity index (χ3n) is 9.64. The Labute approximate surface area is 262 Å². The predicted octanol–water partition coefficient (Wildman–Crippen LogP) is 7.60. The van der Waals surface area contributed by atoms with Crippen molar-refractivity contribution in [3.05, 3.63) is 64.7 Å². The highest BCUT2D eigenvalue weighted by atomic mass is 32.2. The predicted molar refractivity (Wildman–Crippen MR) is 154 cm³/mol. The van der Waals surface area contributed by atoms with Gasteiger partial charge in [-0.3, -0.25) is 9.59 Å². The molecular formula is C32H36F7NO5S. The van der Waals surface area contributed by atoms with E-state index in [-0.39, 0.29) is 66.0 Å². The first-order chi connectivity index (χ1) is 21.4. The number of nitrogens with zero attached hydrogens (tertiary/aromatic N) is 1. The maximum Gasteiger partial charge on any atom is 0.435 e. The van der Waals surface area contributed by atoms with E-state index in [1.54, 1.807) is 17.0 Å². The Morgan fingerprint density at radius 3 is 2.02 bits per heavy atom. The Bertz CT molecular complexity index is 1520. The second-order valence-electron chi connectivity index (χ2n) is 12.4. The second-order valence-corrected chi connectivity index (χ2v) is 14.6.